The molecule has 0 spiro atoms. The predicted molar refractivity (Wildman–Crippen MR) is 147 cm³/mol. The van der Waals surface area contributed by atoms with E-state index in [1.54, 1.807) is 23.2 Å². The van der Waals surface area contributed by atoms with Crippen molar-refractivity contribution >= 4 is 23.2 Å². The number of nitro groups is 1. The highest BCUT2D eigenvalue weighted by Crippen LogP contribution is 2.31. The van der Waals surface area contributed by atoms with Gasteiger partial charge in [-0.05, 0) is 54.7 Å². The van der Waals surface area contributed by atoms with Crippen LogP contribution in [0.1, 0.15) is 45.0 Å². The van der Waals surface area contributed by atoms with Crippen molar-refractivity contribution in [1.29, 1.82) is 0 Å². The summed E-state index contributed by atoms with van der Waals surface area (Å²) in [6.07, 6.45) is 3.13. The maximum absolute atomic E-state index is 13.0. The number of non-ortho nitro benzene ring substituents is 1. The van der Waals surface area contributed by atoms with Gasteiger partial charge in [-0.3, -0.25) is 24.7 Å². The van der Waals surface area contributed by atoms with E-state index in [1.807, 2.05) is 54.6 Å². The van der Waals surface area contributed by atoms with Crippen LogP contribution in [0.15, 0.2) is 91.1 Å². The number of benzene rings is 3. The van der Waals surface area contributed by atoms with Crippen molar-refractivity contribution in [3.05, 3.63) is 118 Å². The number of piperidine rings is 1. The van der Waals surface area contributed by atoms with Gasteiger partial charge < -0.3 is 15.3 Å². The molecule has 0 unspecified atom stereocenters. The molecule has 196 valence electrons. The number of hydrogen-bond acceptors (Lipinski definition) is 6. The second-order valence-electron chi connectivity index (χ2n) is 9.40. The van der Waals surface area contributed by atoms with E-state index in [0.29, 0.717) is 30.0 Å². The van der Waals surface area contributed by atoms with Crippen LogP contribution in [0.5, 0.6) is 5.75 Å². The molecule has 1 saturated heterocycles. The van der Waals surface area contributed by atoms with Crippen molar-refractivity contribution in [2.75, 3.05) is 18.4 Å². The first-order valence-corrected chi connectivity index (χ1v) is 12.6. The van der Waals surface area contributed by atoms with Gasteiger partial charge in [0.15, 0.2) is 0 Å². The third-order valence-electron chi connectivity index (χ3n) is 6.88. The normalized spacial score (nSPS) is 13.6. The van der Waals surface area contributed by atoms with Crippen LogP contribution in [0.2, 0.25) is 0 Å². The first-order valence-electron chi connectivity index (χ1n) is 12.6. The van der Waals surface area contributed by atoms with E-state index >= 15 is 0 Å². The van der Waals surface area contributed by atoms with Gasteiger partial charge in [0.1, 0.15) is 5.75 Å². The molecule has 39 heavy (non-hydrogen) atoms. The minimum atomic E-state index is -0.631. The second kappa shape index (κ2) is 11.1. The van der Waals surface area contributed by atoms with Crippen LogP contribution in [0.25, 0.3) is 11.3 Å². The summed E-state index contributed by atoms with van der Waals surface area (Å²) in [6, 6.07) is 24.2. The average Bonchev–Trinajstić information content (AvgIpc) is 2.97. The first kappa shape index (κ1) is 25.6. The quantitative estimate of drug-likeness (QED) is 0.250. The highest BCUT2D eigenvalue weighted by Gasteiger charge is 2.26. The van der Waals surface area contributed by atoms with Gasteiger partial charge in [-0.25, -0.2) is 0 Å². The molecule has 9 nitrogen and oxygen atoms in total. The summed E-state index contributed by atoms with van der Waals surface area (Å²) in [6.45, 7) is 0.990. The number of nitrogens with zero attached hydrogens (tertiary/aromatic N) is 3. The van der Waals surface area contributed by atoms with E-state index in [2.05, 4.69) is 10.3 Å². The van der Waals surface area contributed by atoms with Crippen molar-refractivity contribution in [3.8, 4) is 17.0 Å². The summed E-state index contributed by atoms with van der Waals surface area (Å²) in [7, 11) is 0. The van der Waals surface area contributed by atoms with Gasteiger partial charge in [0, 0.05) is 36.6 Å². The molecule has 2 N–H and O–H groups in total. The molecule has 1 fully saturated rings. The predicted octanol–water partition coefficient (Wildman–Crippen LogP) is 5.63. The summed E-state index contributed by atoms with van der Waals surface area (Å²) in [5.74, 6) is -0.653. The van der Waals surface area contributed by atoms with Gasteiger partial charge in [-0.1, -0.05) is 42.5 Å². The smallest absolute Gasteiger partial charge is 0.273 e. The molecule has 0 bridgehead atoms. The minimum Gasteiger partial charge on any atom is -0.508 e. The van der Waals surface area contributed by atoms with Gasteiger partial charge in [0.2, 0.25) is 0 Å². The fraction of sp³-hybridized carbons (Fsp3) is 0.167. The summed E-state index contributed by atoms with van der Waals surface area (Å²) < 4.78 is 0. The zero-order valence-corrected chi connectivity index (χ0v) is 21.0. The van der Waals surface area contributed by atoms with Crippen LogP contribution in [-0.2, 0) is 0 Å². The summed E-state index contributed by atoms with van der Waals surface area (Å²) >= 11 is 0. The molecule has 1 aliphatic heterocycles. The largest absolute Gasteiger partial charge is 0.508 e. The van der Waals surface area contributed by atoms with Crippen LogP contribution in [0.4, 0.5) is 11.4 Å². The van der Waals surface area contributed by atoms with E-state index in [-0.39, 0.29) is 34.7 Å². The standard InChI is InChI=1S/C30H26N4O5/c35-26-18-23(17-25(19-26)34(38)39)30(37)33-15-12-21(13-16-33)20-8-10-24(11-9-20)32-29(36)27-7-4-14-31-28(27)22-5-2-1-3-6-22/h1-11,14,17-19,21,35H,12-13,15-16H2,(H,32,36). The van der Waals surface area contributed by atoms with Crippen LogP contribution >= 0.6 is 0 Å². The van der Waals surface area contributed by atoms with Crippen LogP contribution < -0.4 is 5.32 Å². The number of carbonyl (C=O) groups is 2. The Morgan fingerprint density at radius 2 is 1.67 bits per heavy atom. The van der Waals surface area contributed by atoms with Crippen LogP contribution in [0.3, 0.4) is 0 Å². The third kappa shape index (κ3) is 5.77. The Bertz CT molecular complexity index is 1510. The third-order valence-corrected chi connectivity index (χ3v) is 6.88. The van der Waals surface area contributed by atoms with Crippen molar-refractivity contribution in [3.63, 3.8) is 0 Å². The number of nitrogens with one attached hydrogen (secondary N) is 1. The second-order valence-corrected chi connectivity index (χ2v) is 9.40. The molecule has 1 aromatic heterocycles. The summed E-state index contributed by atoms with van der Waals surface area (Å²) in [5, 5.41) is 23.8. The molecule has 4 aromatic rings. The summed E-state index contributed by atoms with van der Waals surface area (Å²) in [4.78, 5) is 42.5. The number of amides is 2. The first-order chi connectivity index (χ1) is 18.9. The molecule has 0 atom stereocenters. The lowest BCUT2D eigenvalue weighted by Gasteiger charge is -2.32. The molecule has 2 heterocycles. The number of rotatable bonds is 6. The van der Waals surface area contributed by atoms with E-state index in [9.17, 15) is 24.8 Å². The Morgan fingerprint density at radius 1 is 0.949 bits per heavy atom. The number of carbonyl (C=O) groups excluding carboxylic acids is 2. The van der Waals surface area contributed by atoms with Gasteiger partial charge in [-0.15, -0.1) is 0 Å². The molecular weight excluding hydrogens is 496 g/mol. The zero-order valence-electron chi connectivity index (χ0n) is 21.0. The molecule has 0 radical (unpaired) electrons. The van der Waals surface area contributed by atoms with Crippen molar-refractivity contribution in [1.82, 2.24) is 9.88 Å². The lowest BCUT2D eigenvalue weighted by atomic mass is 9.89. The topological polar surface area (TPSA) is 126 Å². The molecule has 3 aromatic carbocycles. The number of pyridine rings is 1. The van der Waals surface area contributed by atoms with Crippen molar-refractivity contribution in [2.24, 2.45) is 0 Å². The highest BCUT2D eigenvalue weighted by atomic mass is 16.6. The van der Waals surface area contributed by atoms with E-state index in [0.717, 1.165) is 30.0 Å². The van der Waals surface area contributed by atoms with Gasteiger partial charge in [0.05, 0.1) is 27.8 Å². The lowest BCUT2D eigenvalue weighted by Crippen LogP contribution is -2.37. The Morgan fingerprint density at radius 3 is 2.36 bits per heavy atom. The van der Waals surface area contributed by atoms with Gasteiger partial charge in [-0.2, -0.15) is 0 Å². The molecule has 1 aliphatic rings. The Labute approximate surface area is 224 Å². The van der Waals surface area contributed by atoms with Gasteiger partial charge >= 0.3 is 0 Å². The van der Waals surface area contributed by atoms with Crippen LogP contribution in [0, 0.1) is 10.1 Å². The molecule has 5 rings (SSSR count). The van der Waals surface area contributed by atoms with E-state index < -0.39 is 4.92 Å². The van der Waals surface area contributed by atoms with Crippen molar-refractivity contribution in [2.45, 2.75) is 18.8 Å². The minimum absolute atomic E-state index is 0.101. The fourth-order valence-corrected chi connectivity index (χ4v) is 4.87. The number of aromatic hydroxyl groups is 1. The highest BCUT2D eigenvalue weighted by molar-refractivity contribution is 6.08. The number of phenols is 1. The Kier molecular flexibility index (Phi) is 7.31. The van der Waals surface area contributed by atoms with E-state index in [4.69, 9.17) is 0 Å². The number of anilines is 1. The Balaban J connectivity index is 1.21. The number of phenolic OH excluding ortho intramolecular Hbond substituents is 1. The number of hydrogen-bond donors (Lipinski definition) is 2. The monoisotopic (exact) mass is 522 g/mol. The fourth-order valence-electron chi connectivity index (χ4n) is 4.87. The molecule has 9 heteroatoms. The maximum atomic E-state index is 13.0. The Hall–Kier alpha value is -5.05. The molecule has 0 aliphatic carbocycles. The summed E-state index contributed by atoms with van der Waals surface area (Å²) in [5.41, 5.74) is 3.54. The van der Waals surface area contributed by atoms with Crippen LogP contribution in [-0.4, -0.2) is 44.8 Å². The number of likely N-dealkylation sites (tertiary alicyclic amines) is 1. The number of nitro benzene ring substituents is 1. The zero-order chi connectivity index (χ0) is 27.4. The molecular formula is C30H26N4O5. The average molecular weight is 523 g/mol. The SMILES string of the molecule is O=C(Nc1ccc(C2CCN(C(=O)c3cc(O)cc([N+](=O)[O-])c3)CC2)cc1)c1cccnc1-c1ccccc1. The molecule has 0 saturated carbocycles. The lowest BCUT2D eigenvalue weighted by molar-refractivity contribution is -0.385. The molecule has 2 amide bonds. The van der Waals surface area contributed by atoms with E-state index in [1.165, 1.54) is 12.1 Å². The van der Waals surface area contributed by atoms with Gasteiger partial charge in [0.25, 0.3) is 17.5 Å². The maximum Gasteiger partial charge on any atom is 0.273 e. The van der Waals surface area contributed by atoms with Crippen molar-refractivity contribution < 1.29 is 19.6 Å². The number of aromatic nitrogens is 1.